The maximum atomic E-state index is 10.5. The van der Waals surface area contributed by atoms with Crippen LogP contribution in [0.1, 0.15) is 25.7 Å². The molecule has 1 N–H and O–H groups in total. The fraction of sp³-hybridized carbons (Fsp3) is 0.727. The summed E-state index contributed by atoms with van der Waals surface area (Å²) >= 11 is 1.20. The van der Waals surface area contributed by atoms with E-state index in [-0.39, 0.29) is 5.75 Å². The molecule has 0 amide bonds. The first-order valence-corrected chi connectivity index (χ1v) is 7.05. The number of carboxylic acid groups (broad SMARTS) is 1. The molecule has 0 aliphatic heterocycles. The van der Waals surface area contributed by atoms with Crippen LogP contribution in [0.15, 0.2) is 5.16 Å². The van der Waals surface area contributed by atoms with Crippen molar-refractivity contribution in [3.05, 3.63) is 0 Å². The molecule has 1 heterocycles. The highest BCUT2D eigenvalue weighted by Crippen LogP contribution is 2.27. The maximum Gasteiger partial charge on any atom is 0.313 e. The topological polar surface area (TPSA) is 71.2 Å². The maximum absolute atomic E-state index is 10.5. The lowest BCUT2D eigenvalue weighted by Crippen LogP contribution is -2.31. The number of carbonyl (C=O) groups is 1. The van der Waals surface area contributed by atoms with Crippen molar-refractivity contribution < 1.29 is 9.90 Å². The van der Waals surface area contributed by atoms with Gasteiger partial charge in [-0.05, 0) is 12.8 Å². The Labute approximate surface area is 110 Å². The van der Waals surface area contributed by atoms with Gasteiger partial charge in [0.2, 0.25) is 5.95 Å². The predicted octanol–water partition coefficient (Wildman–Crippen LogP) is 1.37. The van der Waals surface area contributed by atoms with Crippen molar-refractivity contribution >= 4 is 23.7 Å². The standard InChI is InChI=1S/C11H18N4O2S/c1-14(8-5-3-4-6-8)10-12-13-11(15(10)2)18-7-9(16)17/h8H,3-7H2,1-2H3,(H,16,17). The van der Waals surface area contributed by atoms with Crippen molar-refractivity contribution in [2.45, 2.75) is 36.9 Å². The lowest BCUT2D eigenvalue weighted by atomic mass is 10.2. The second-order valence-corrected chi connectivity index (χ2v) is 5.52. The Morgan fingerprint density at radius 3 is 2.78 bits per heavy atom. The van der Waals surface area contributed by atoms with Gasteiger partial charge < -0.3 is 10.0 Å². The normalized spacial score (nSPS) is 16.1. The summed E-state index contributed by atoms with van der Waals surface area (Å²) in [4.78, 5) is 12.7. The third-order valence-electron chi connectivity index (χ3n) is 3.32. The van der Waals surface area contributed by atoms with Crippen molar-refractivity contribution in [2.75, 3.05) is 17.7 Å². The Morgan fingerprint density at radius 2 is 2.17 bits per heavy atom. The van der Waals surface area contributed by atoms with Crippen LogP contribution in [-0.2, 0) is 11.8 Å². The first-order valence-electron chi connectivity index (χ1n) is 6.06. The van der Waals surface area contributed by atoms with Gasteiger partial charge in [0.1, 0.15) is 0 Å². The van der Waals surface area contributed by atoms with Gasteiger partial charge in [0.05, 0.1) is 5.75 Å². The molecule has 0 spiro atoms. The van der Waals surface area contributed by atoms with E-state index in [1.54, 1.807) is 0 Å². The molecule has 0 unspecified atom stereocenters. The van der Waals surface area contributed by atoms with E-state index in [1.165, 1.54) is 37.4 Å². The quantitative estimate of drug-likeness (QED) is 0.815. The van der Waals surface area contributed by atoms with E-state index < -0.39 is 5.97 Å². The molecular formula is C11H18N4O2S. The van der Waals surface area contributed by atoms with Gasteiger partial charge in [0.15, 0.2) is 5.16 Å². The number of rotatable bonds is 5. The fourth-order valence-electron chi connectivity index (χ4n) is 2.32. The zero-order chi connectivity index (χ0) is 13.1. The summed E-state index contributed by atoms with van der Waals surface area (Å²) < 4.78 is 1.87. The van der Waals surface area contributed by atoms with Gasteiger partial charge in [0, 0.05) is 20.1 Å². The molecule has 2 rings (SSSR count). The average Bonchev–Trinajstić information content (AvgIpc) is 2.95. The van der Waals surface area contributed by atoms with Gasteiger partial charge in [-0.15, -0.1) is 10.2 Å². The molecule has 1 saturated carbocycles. The van der Waals surface area contributed by atoms with Crippen LogP contribution in [-0.4, -0.2) is 44.7 Å². The number of anilines is 1. The van der Waals surface area contributed by atoms with Crippen LogP contribution in [0.3, 0.4) is 0 Å². The van der Waals surface area contributed by atoms with E-state index in [1.807, 2.05) is 18.7 Å². The van der Waals surface area contributed by atoms with Crippen LogP contribution >= 0.6 is 11.8 Å². The highest BCUT2D eigenvalue weighted by atomic mass is 32.2. The van der Waals surface area contributed by atoms with Gasteiger partial charge in [-0.3, -0.25) is 9.36 Å². The van der Waals surface area contributed by atoms with Crippen molar-refractivity contribution in [3.8, 4) is 0 Å². The molecule has 0 aromatic carbocycles. The van der Waals surface area contributed by atoms with E-state index in [0.717, 1.165) is 5.95 Å². The molecular weight excluding hydrogens is 252 g/mol. The first kappa shape index (κ1) is 13.2. The third kappa shape index (κ3) is 2.77. The van der Waals surface area contributed by atoms with E-state index in [9.17, 15) is 4.79 Å². The molecule has 6 nitrogen and oxygen atoms in total. The zero-order valence-electron chi connectivity index (χ0n) is 10.7. The van der Waals surface area contributed by atoms with Gasteiger partial charge in [0.25, 0.3) is 0 Å². The number of hydrogen-bond acceptors (Lipinski definition) is 5. The minimum atomic E-state index is -0.839. The molecule has 0 saturated heterocycles. The number of hydrogen-bond donors (Lipinski definition) is 1. The summed E-state index contributed by atoms with van der Waals surface area (Å²) in [7, 11) is 3.91. The smallest absolute Gasteiger partial charge is 0.313 e. The summed E-state index contributed by atoms with van der Waals surface area (Å²) in [6.07, 6.45) is 4.93. The summed E-state index contributed by atoms with van der Waals surface area (Å²) in [5, 5.41) is 17.5. The lowest BCUT2D eigenvalue weighted by Gasteiger charge is -2.24. The highest BCUT2D eigenvalue weighted by molar-refractivity contribution is 7.99. The van der Waals surface area contributed by atoms with Crippen LogP contribution in [0.4, 0.5) is 5.95 Å². The molecule has 7 heteroatoms. The number of nitrogens with zero attached hydrogens (tertiary/aromatic N) is 4. The van der Waals surface area contributed by atoms with Gasteiger partial charge in [-0.25, -0.2) is 0 Å². The van der Waals surface area contributed by atoms with Crippen molar-refractivity contribution in [3.63, 3.8) is 0 Å². The van der Waals surface area contributed by atoms with Crippen LogP contribution in [0.25, 0.3) is 0 Å². The van der Waals surface area contributed by atoms with Gasteiger partial charge in [-0.1, -0.05) is 24.6 Å². The van der Waals surface area contributed by atoms with Crippen LogP contribution in [0.5, 0.6) is 0 Å². The molecule has 1 aliphatic carbocycles. The fourth-order valence-corrected chi connectivity index (χ4v) is 2.95. The largest absolute Gasteiger partial charge is 0.481 e. The monoisotopic (exact) mass is 270 g/mol. The average molecular weight is 270 g/mol. The van der Waals surface area contributed by atoms with Crippen molar-refractivity contribution in [1.29, 1.82) is 0 Å². The van der Waals surface area contributed by atoms with E-state index in [0.29, 0.717) is 11.2 Å². The molecule has 0 radical (unpaired) electrons. The van der Waals surface area contributed by atoms with Crippen molar-refractivity contribution in [2.24, 2.45) is 7.05 Å². The Kier molecular flexibility index (Phi) is 4.11. The Balaban J connectivity index is 2.06. The number of thioether (sulfide) groups is 1. The summed E-state index contributed by atoms with van der Waals surface area (Å²) in [5.74, 6) is -0.0115. The molecule has 18 heavy (non-hydrogen) atoms. The van der Waals surface area contributed by atoms with Crippen LogP contribution in [0.2, 0.25) is 0 Å². The van der Waals surface area contributed by atoms with Crippen LogP contribution < -0.4 is 4.90 Å². The Bertz CT molecular complexity index is 429. The second-order valence-electron chi connectivity index (χ2n) is 4.57. The second kappa shape index (κ2) is 5.60. The van der Waals surface area contributed by atoms with Crippen LogP contribution in [0, 0.1) is 0 Å². The predicted molar refractivity (Wildman–Crippen MR) is 70.0 cm³/mol. The number of aromatic nitrogens is 3. The Hall–Kier alpha value is -1.24. The molecule has 0 bridgehead atoms. The van der Waals surface area contributed by atoms with E-state index in [4.69, 9.17) is 5.11 Å². The molecule has 1 aromatic heterocycles. The minimum absolute atomic E-state index is 0.0130. The first-order chi connectivity index (χ1) is 8.59. The minimum Gasteiger partial charge on any atom is -0.481 e. The molecule has 1 aromatic rings. The zero-order valence-corrected chi connectivity index (χ0v) is 11.5. The number of carboxylic acids is 1. The molecule has 1 fully saturated rings. The Morgan fingerprint density at radius 1 is 1.50 bits per heavy atom. The molecule has 1 aliphatic rings. The van der Waals surface area contributed by atoms with E-state index in [2.05, 4.69) is 15.1 Å². The summed E-state index contributed by atoms with van der Waals surface area (Å²) in [6.45, 7) is 0. The summed E-state index contributed by atoms with van der Waals surface area (Å²) in [6, 6.07) is 0.533. The van der Waals surface area contributed by atoms with Gasteiger partial charge in [-0.2, -0.15) is 0 Å². The molecule has 0 atom stereocenters. The highest BCUT2D eigenvalue weighted by Gasteiger charge is 2.23. The van der Waals surface area contributed by atoms with Gasteiger partial charge >= 0.3 is 5.97 Å². The van der Waals surface area contributed by atoms with Crippen molar-refractivity contribution in [1.82, 2.24) is 14.8 Å². The number of aliphatic carboxylic acids is 1. The lowest BCUT2D eigenvalue weighted by molar-refractivity contribution is -0.133. The SMILES string of the molecule is CN(c1nnc(SCC(=O)O)n1C)C1CCCC1. The summed E-state index contributed by atoms with van der Waals surface area (Å²) in [5.41, 5.74) is 0. The third-order valence-corrected chi connectivity index (χ3v) is 4.33. The molecule has 100 valence electrons. The van der Waals surface area contributed by atoms with E-state index >= 15 is 0 Å².